The van der Waals surface area contributed by atoms with Gasteiger partial charge in [0.05, 0.1) is 6.61 Å². The van der Waals surface area contributed by atoms with Gasteiger partial charge in [-0.2, -0.15) is 0 Å². The fourth-order valence-corrected chi connectivity index (χ4v) is 5.22. The molecule has 10 heteroatoms. The molecule has 0 aliphatic rings. The van der Waals surface area contributed by atoms with Crippen LogP contribution in [0.4, 0.5) is 0 Å². The normalized spacial score (nSPS) is 11.2. The van der Waals surface area contributed by atoms with Gasteiger partial charge in [-0.05, 0) is 59.4 Å². The lowest BCUT2D eigenvalue weighted by atomic mass is 10.1. The van der Waals surface area contributed by atoms with Crippen LogP contribution in [0.2, 0.25) is 0 Å². The molecule has 0 aliphatic heterocycles. The molecule has 3 N–H and O–H groups in total. The Labute approximate surface area is 215 Å². The highest BCUT2D eigenvalue weighted by Gasteiger charge is 2.21. The first-order valence-electron chi connectivity index (χ1n) is 10.9. The number of thiophene rings is 1. The molecule has 1 heterocycles. The third-order valence-electron chi connectivity index (χ3n) is 4.90. The van der Waals surface area contributed by atoms with Crippen molar-refractivity contribution in [2.45, 2.75) is 17.7 Å². The molecule has 0 radical (unpaired) electrons. The second kappa shape index (κ2) is 13.0. The molecule has 0 spiro atoms. The van der Waals surface area contributed by atoms with E-state index >= 15 is 0 Å². The molecule has 0 saturated heterocycles. The second-order valence-electron chi connectivity index (χ2n) is 7.44. The number of hydrogen-bond acceptors (Lipinski definition) is 6. The number of carbonyl (C=O) groups excluding carboxylic acids is 1. The van der Waals surface area contributed by atoms with Crippen LogP contribution in [0.1, 0.15) is 16.0 Å². The zero-order chi connectivity index (χ0) is 25.1. The number of sulfonamides is 1. The van der Waals surface area contributed by atoms with Gasteiger partial charge in [0.2, 0.25) is 5.91 Å². The first-order chi connectivity index (χ1) is 16.9. The van der Waals surface area contributed by atoms with Crippen molar-refractivity contribution in [3.05, 3.63) is 88.1 Å². The number of rotatable bonds is 11. The van der Waals surface area contributed by atoms with Crippen LogP contribution in [-0.2, 0) is 27.7 Å². The molecule has 184 valence electrons. The van der Waals surface area contributed by atoms with Gasteiger partial charge in [0.1, 0.15) is 10.6 Å². The zero-order valence-electron chi connectivity index (χ0n) is 19.2. The van der Waals surface area contributed by atoms with Crippen LogP contribution in [0, 0.1) is 0 Å². The Balaban J connectivity index is 1.67. The minimum Gasteiger partial charge on any atom is -0.492 e. The largest absolute Gasteiger partial charge is 0.492 e. The highest BCUT2D eigenvalue weighted by atomic mass is 32.2. The number of ether oxygens (including phenoxy) is 1. The average molecular weight is 530 g/mol. The standard InChI is InChI=1S/C25H27N3O4S3/c1-26-25(33)28-35(30,31)23-18-20(13-15-27-24(29)12-10-21-8-5-17-34-21)9-11-22(23)32-16-14-19-6-3-2-4-7-19/h2-12,17-18H,13-16H2,1H3,(H,27,29)(H2,26,28,33)/b12-10+. The summed E-state index contributed by atoms with van der Waals surface area (Å²) < 4.78 is 34.2. The van der Waals surface area contributed by atoms with E-state index in [4.69, 9.17) is 17.0 Å². The van der Waals surface area contributed by atoms with Crippen LogP contribution >= 0.6 is 23.6 Å². The molecule has 1 aromatic heterocycles. The summed E-state index contributed by atoms with van der Waals surface area (Å²) in [7, 11) is -2.44. The van der Waals surface area contributed by atoms with Gasteiger partial charge < -0.3 is 15.4 Å². The van der Waals surface area contributed by atoms with Crippen LogP contribution in [0.25, 0.3) is 6.08 Å². The first kappa shape index (κ1) is 26.4. The molecule has 0 saturated carbocycles. The maximum absolute atomic E-state index is 13.0. The Bertz CT molecular complexity index is 1260. The van der Waals surface area contributed by atoms with Crippen molar-refractivity contribution in [2.75, 3.05) is 20.2 Å². The SMILES string of the molecule is CNC(=S)NS(=O)(=O)c1cc(CCNC(=O)/C=C/c2cccs2)ccc1OCCc1ccccc1. The quantitative estimate of drug-likeness (QED) is 0.260. The summed E-state index contributed by atoms with van der Waals surface area (Å²) in [6, 6.07) is 18.6. The van der Waals surface area contributed by atoms with Gasteiger partial charge in [-0.15, -0.1) is 11.3 Å². The van der Waals surface area contributed by atoms with E-state index in [1.165, 1.54) is 13.1 Å². The predicted octanol–water partition coefficient (Wildman–Crippen LogP) is 3.52. The molecule has 1 amide bonds. The van der Waals surface area contributed by atoms with Crippen molar-refractivity contribution in [1.29, 1.82) is 0 Å². The number of benzene rings is 2. The molecule has 2 aromatic carbocycles. The van der Waals surface area contributed by atoms with Gasteiger partial charge in [-0.3, -0.25) is 9.52 Å². The summed E-state index contributed by atoms with van der Waals surface area (Å²) in [6.07, 6.45) is 4.31. The number of nitrogens with one attached hydrogen (secondary N) is 3. The summed E-state index contributed by atoms with van der Waals surface area (Å²) in [6.45, 7) is 0.665. The van der Waals surface area contributed by atoms with Crippen LogP contribution < -0.4 is 20.1 Å². The topological polar surface area (TPSA) is 96.5 Å². The predicted molar refractivity (Wildman–Crippen MR) is 144 cm³/mol. The van der Waals surface area contributed by atoms with E-state index in [1.54, 1.807) is 35.6 Å². The number of carbonyl (C=O) groups is 1. The Hall–Kier alpha value is -3.21. The smallest absolute Gasteiger partial charge is 0.267 e. The first-order valence-corrected chi connectivity index (χ1v) is 13.7. The molecule has 0 unspecified atom stereocenters. The Morgan fingerprint density at radius 2 is 1.86 bits per heavy atom. The maximum Gasteiger partial charge on any atom is 0.267 e. The molecular weight excluding hydrogens is 502 g/mol. The molecule has 3 rings (SSSR count). The lowest BCUT2D eigenvalue weighted by molar-refractivity contribution is -0.116. The van der Waals surface area contributed by atoms with E-state index in [0.29, 0.717) is 26.0 Å². The van der Waals surface area contributed by atoms with Crippen LogP contribution in [-0.4, -0.2) is 39.6 Å². The van der Waals surface area contributed by atoms with Gasteiger partial charge in [0.15, 0.2) is 5.11 Å². The summed E-state index contributed by atoms with van der Waals surface area (Å²) in [5, 5.41) is 7.34. The average Bonchev–Trinajstić information content (AvgIpc) is 3.37. The van der Waals surface area contributed by atoms with Crippen molar-refractivity contribution in [1.82, 2.24) is 15.4 Å². The van der Waals surface area contributed by atoms with Crippen LogP contribution in [0.3, 0.4) is 0 Å². The number of thiocarbonyl (C=S) groups is 1. The van der Waals surface area contributed by atoms with E-state index in [2.05, 4.69) is 15.4 Å². The Morgan fingerprint density at radius 1 is 1.06 bits per heavy atom. The van der Waals surface area contributed by atoms with Crippen molar-refractivity contribution < 1.29 is 17.9 Å². The van der Waals surface area contributed by atoms with Crippen molar-refractivity contribution in [3.8, 4) is 5.75 Å². The van der Waals surface area contributed by atoms with E-state index in [0.717, 1.165) is 16.0 Å². The van der Waals surface area contributed by atoms with Crippen LogP contribution in [0.5, 0.6) is 5.75 Å². The van der Waals surface area contributed by atoms with Gasteiger partial charge in [-0.25, -0.2) is 8.42 Å². The minimum absolute atomic E-state index is 0.00965. The third-order valence-corrected chi connectivity index (χ3v) is 7.54. The summed E-state index contributed by atoms with van der Waals surface area (Å²) >= 11 is 6.53. The van der Waals surface area contributed by atoms with E-state index in [9.17, 15) is 13.2 Å². The summed E-state index contributed by atoms with van der Waals surface area (Å²) in [4.78, 5) is 13.0. The number of hydrogen-bond donors (Lipinski definition) is 3. The van der Waals surface area contributed by atoms with Crippen molar-refractivity contribution in [2.24, 2.45) is 0 Å². The fraction of sp³-hybridized carbons (Fsp3) is 0.200. The number of amides is 1. The molecule has 0 bridgehead atoms. The fourth-order valence-electron chi connectivity index (χ4n) is 3.12. The monoisotopic (exact) mass is 529 g/mol. The lowest BCUT2D eigenvalue weighted by Gasteiger charge is -2.15. The van der Waals surface area contributed by atoms with Crippen molar-refractivity contribution in [3.63, 3.8) is 0 Å². The molecule has 7 nitrogen and oxygen atoms in total. The van der Waals surface area contributed by atoms with Gasteiger partial charge >= 0.3 is 0 Å². The van der Waals surface area contributed by atoms with Gasteiger partial charge in [-0.1, -0.05) is 42.5 Å². The molecule has 0 aliphatic carbocycles. The van der Waals surface area contributed by atoms with Gasteiger partial charge in [0.25, 0.3) is 10.0 Å². The zero-order valence-corrected chi connectivity index (χ0v) is 21.6. The van der Waals surface area contributed by atoms with Crippen molar-refractivity contribution >= 4 is 50.7 Å². The molecular formula is C25H27N3O4S3. The molecule has 0 atom stereocenters. The minimum atomic E-state index is -3.97. The molecule has 0 fully saturated rings. The molecule has 35 heavy (non-hydrogen) atoms. The third kappa shape index (κ3) is 8.50. The lowest BCUT2D eigenvalue weighted by Crippen LogP contribution is -2.37. The van der Waals surface area contributed by atoms with E-state index in [-0.39, 0.29) is 21.7 Å². The Kier molecular flexibility index (Phi) is 9.83. The van der Waals surface area contributed by atoms with E-state index in [1.807, 2.05) is 47.8 Å². The maximum atomic E-state index is 13.0. The summed E-state index contributed by atoms with van der Waals surface area (Å²) in [5.74, 6) is 0.0205. The van der Waals surface area contributed by atoms with Crippen LogP contribution in [0.15, 0.2) is 77.0 Å². The second-order valence-corrected chi connectivity index (χ2v) is 10.5. The highest BCUT2D eigenvalue weighted by molar-refractivity contribution is 7.92. The highest BCUT2D eigenvalue weighted by Crippen LogP contribution is 2.26. The molecule has 3 aromatic rings. The Morgan fingerprint density at radius 3 is 2.57 bits per heavy atom. The summed E-state index contributed by atoms with van der Waals surface area (Å²) in [5.41, 5.74) is 1.82. The van der Waals surface area contributed by atoms with Gasteiger partial charge in [0, 0.05) is 31.0 Å². The van der Waals surface area contributed by atoms with E-state index < -0.39 is 10.0 Å².